The summed E-state index contributed by atoms with van der Waals surface area (Å²) in [5.41, 5.74) is 0.339. The van der Waals surface area contributed by atoms with E-state index in [1.54, 1.807) is 20.8 Å². The normalized spacial score (nSPS) is 15.9. The fraction of sp³-hybridized carbons (Fsp3) is 0.389. The number of rotatable bonds is 5. The highest BCUT2D eigenvalue weighted by atomic mass is 16.5. The second-order valence-corrected chi connectivity index (χ2v) is 6.57. The van der Waals surface area contributed by atoms with E-state index >= 15 is 0 Å². The highest BCUT2D eigenvalue weighted by molar-refractivity contribution is 6.13. The molecule has 0 N–H and O–H groups in total. The van der Waals surface area contributed by atoms with Gasteiger partial charge in [0.2, 0.25) is 0 Å². The van der Waals surface area contributed by atoms with Crippen molar-refractivity contribution in [3.8, 4) is 0 Å². The second kappa shape index (κ2) is 6.77. The van der Waals surface area contributed by atoms with E-state index in [1.807, 2.05) is 30.3 Å². The lowest BCUT2D eigenvalue weighted by Crippen LogP contribution is -2.45. The van der Waals surface area contributed by atoms with Crippen molar-refractivity contribution in [1.29, 1.82) is 0 Å². The zero-order chi connectivity index (χ0) is 17.0. The fourth-order valence-corrected chi connectivity index (χ4v) is 2.27. The van der Waals surface area contributed by atoms with E-state index in [0.29, 0.717) is 6.42 Å². The molecule has 0 saturated carbocycles. The minimum atomic E-state index is -0.630. The summed E-state index contributed by atoms with van der Waals surface area (Å²) in [7, 11) is 0. The van der Waals surface area contributed by atoms with Gasteiger partial charge >= 0.3 is 5.97 Å². The number of esters is 1. The molecule has 23 heavy (non-hydrogen) atoms. The van der Waals surface area contributed by atoms with Gasteiger partial charge < -0.3 is 4.74 Å². The molecule has 0 unspecified atom stereocenters. The van der Waals surface area contributed by atoms with Gasteiger partial charge in [-0.3, -0.25) is 19.3 Å². The number of hydrogen-bond donors (Lipinski definition) is 0. The summed E-state index contributed by atoms with van der Waals surface area (Å²) in [6.07, 6.45) is 2.93. The Morgan fingerprint density at radius 3 is 2.17 bits per heavy atom. The molecule has 0 spiro atoms. The summed E-state index contributed by atoms with van der Waals surface area (Å²) in [5, 5.41) is 0. The molecule has 0 aliphatic carbocycles. The lowest BCUT2D eigenvalue weighted by atomic mass is 9.97. The maximum atomic E-state index is 12.0. The summed E-state index contributed by atoms with van der Waals surface area (Å²) in [6, 6.07) is 8.98. The molecule has 2 rings (SSSR count). The number of carbonyl (C=O) groups is 3. The standard InChI is InChI=1S/C18H21NO4/c1-18(2,3)17(22)23-12-14(11-13-7-5-4-6-8-13)19-15(20)9-10-16(19)21/h4-10,14H,11-12H2,1-3H3/t14-/m0/s1. The van der Waals surface area contributed by atoms with Crippen molar-refractivity contribution in [3.05, 3.63) is 48.0 Å². The van der Waals surface area contributed by atoms with Crippen molar-refractivity contribution in [2.75, 3.05) is 6.61 Å². The van der Waals surface area contributed by atoms with Gasteiger partial charge in [-0.1, -0.05) is 30.3 Å². The van der Waals surface area contributed by atoms with Gasteiger partial charge in [-0.05, 0) is 32.8 Å². The fourth-order valence-electron chi connectivity index (χ4n) is 2.27. The number of imide groups is 1. The molecule has 1 aromatic carbocycles. The Morgan fingerprint density at radius 2 is 1.65 bits per heavy atom. The summed E-state index contributed by atoms with van der Waals surface area (Å²) < 4.78 is 5.34. The molecule has 0 bridgehead atoms. The minimum absolute atomic E-state index is 0.00976. The topological polar surface area (TPSA) is 63.7 Å². The highest BCUT2D eigenvalue weighted by Crippen LogP contribution is 2.18. The van der Waals surface area contributed by atoms with Crippen molar-refractivity contribution < 1.29 is 19.1 Å². The third kappa shape index (κ3) is 4.28. The van der Waals surface area contributed by atoms with Crippen LogP contribution in [-0.4, -0.2) is 35.3 Å². The third-order valence-corrected chi connectivity index (χ3v) is 3.54. The first-order valence-electron chi connectivity index (χ1n) is 7.55. The molecular weight excluding hydrogens is 294 g/mol. The summed E-state index contributed by atoms with van der Waals surface area (Å²) in [5.74, 6) is -1.10. The average molecular weight is 315 g/mol. The van der Waals surface area contributed by atoms with E-state index in [0.717, 1.165) is 10.5 Å². The summed E-state index contributed by atoms with van der Waals surface area (Å²) in [6.45, 7) is 5.27. The van der Waals surface area contributed by atoms with E-state index in [-0.39, 0.29) is 24.4 Å². The molecule has 5 nitrogen and oxygen atoms in total. The largest absolute Gasteiger partial charge is 0.463 e. The second-order valence-electron chi connectivity index (χ2n) is 6.57. The van der Waals surface area contributed by atoms with Gasteiger partial charge in [-0.15, -0.1) is 0 Å². The van der Waals surface area contributed by atoms with E-state index in [1.165, 1.54) is 12.2 Å². The predicted octanol–water partition coefficient (Wildman–Crippen LogP) is 2.11. The van der Waals surface area contributed by atoms with Crippen LogP contribution in [0.2, 0.25) is 0 Å². The third-order valence-electron chi connectivity index (χ3n) is 3.54. The molecule has 1 heterocycles. The number of carbonyl (C=O) groups excluding carboxylic acids is 3. The van der Waals surface area contributed by atoms with Crippen LogP contribution in [0.25, 0.3) is 0 Å². The first-order chi connectivity index (χ1) is 10.8. The molecule has 2 amide bonds. The van der Waals surface area contributed by atoms with Gasteiger partial charge in [-0.2, -0.15) is 0 Å². The maximum absolute atomic E-state index is 12.0. The molecule has 1 atom stereocenters. The van der Waals surface area contributed by atoms with Crippen molar-refractivity contribution >= 4 is 17.8 Å². The average Bonchev–Trinajstić information content (AvgIpc) is 2.82. The van der Waals surface area contributed by atoms with Gasteiger partial charge in [0.15, 0.2) is 0 Å². The lowest BCUT2D eigenvalue weighted by Gasteiger charge is -2.27. The van der Waals surface area contributed by atoms with Crippen LogP contribution >= 0.6 is 0 Å². The van der Waals surface area contributed by atoms with Gasteiger partial charge in [0.1, 0.15) is 6.61 Å². The maximum Gasteiger partial charge on any atom is 0.311 e. The Bertz CT molecular complexity index is 610. The first kappa shape index (κ1) is 16.9. The van der Waals surface area contributed by atoms with Crippen LogP contribution < -0.4 is 0 Å². The highest BCUT2D eigenvalue weighted by Gasteiger charge is 2.33. The zero-order valence-corrected chi connectivity index (χ0v) is 13.6. The first-order valence-corrected chi connectivity index (χ1v) is 7.55. The van der Waals surface area contributed by atoms with Gasteiger partial charge in [0.25, 0.3) is 11.8 Å². The van der Waals surface area contributed by atoms with Crippen LogP contribution in [0, 0.1) is 5.41 Å². The van der Waals surface area contributed by atoms with Crippen molar-refractivity contribution in [3.63, 3.8) is 0 Å². The van der Waals surface area contributed by atoms with Gasteiger partial charge in [0, 0.05) is 12.2 Å². The van der Waals surface area contributed by atoms with Crippen LogP contribution in [-0.2, 0) is 25.5 Å². The molecule has 0 saturated heterocycles. The zero-order valence-electron chi connectivity index (χ0n) is 13.6. The summed E-state index contributed by atoms with van der Waals surface area (Å²) >= 11 is 0. The number of amides is 2. The molecule has 0 fully saturated rings. The molecule has 122 valence electrons. The molecular formula is C18H21NO4. The number of ether oxygens (including phenoxy) is 1. The van der Waals surface area contributed by atoms with E-state index in [4.69, 9.17) is 4.74 Å². The number of hydrogen-bond acceptors (Lipinski definition) is 4. The molecule has 5 heteroatoms. The Labute approximate surface area is 135 Å². The van der Waals surface area contributed by atoms with Crippen LogP contribution in [0.4, 0.5) is 0 Å². The smallest absolute Gasteiger partial charge is 0.311 e. The van der Waals surface area contributed by atoms with Crippen LogP contribution in [0.5, 0.6) is 0 Å². The quantitative estimate of drug-likeness (QED) is 0.617. The molecule has 1 aliphatic heterocycles. The molecule has 1 aromatic rings. The van der Waals surface area contributed by atoms with Crippen LogP contribution in [0.15, 0.2) is 42.5 Å². The van der Waals surface area contributed by atoms with Crippen molar-refractivity contribution in [2.45, 2.75) is 33.2 Å². The molecule has 0 aromatic heterocycles. The Balaban J connectivity index is 2.13. The predicted molar refractivity (Wildman–Crippen MR) is 85.3 cm³/mol. The van der Waals surface area contributed by atoms with Crippen molar-refractivity contribution in [1.82, 2.24) is 4.90 Å². The van der Waals surface area contributed by atoms with Crippen molar-refractivity contribution in [2.24, 2.45) is 5.41 Å². The number of benzene rings is 1. The van der Waals surface area contributed by atoms with E-state index in [2.05, 4.69) is 0 Å². The Hall–Kier alpha value is -2.43. The summed E-state index contributed by atoms with van der Waals surface area (Å²) in [4.78, 5) is 37.0. The van der Waals surface area contributed by atoms with Crippen LogP contribution in [0.3, 0.4) is 0 Å². The van der Waals surface area contributed by atoms with Crippen LogP contribution in [0.1, 0.15) is 26.3 Å². The number of nitrogens with zero attached hydrogens (tertiary/aromatic N) is 1. The van der Waals surface area contributed by atoms with E-state index < -0.39 is 11.5 Å². The van der Waals surface area contributed by atoms with Gasteiger partial charge in [0.05, 0.1) is 11.5 Å². The monoisotopic (exact) mass is 315 g/mol. The molecule has 0 radical (unpaired) electrons. The Kier molecular flexibility index (Phi) is 4.98. The lowest BCUT2D eigenvalue weighted by molar-refractivity contribution is -0.157. The molecule has 1 aliphatic rings. The Morgan fingerprint density at radius 1 is 1.09 bits per heavy atom. The minimum Gasteiger partial charge on any atom is -0.463 e. The SMILES string of the molecule is CC(C)(C)C(=O)OC[C@H](Cc1ccccc1)N1C(=O)C=CC1=O. The van der Waals surface area contributed by atoms with E-state index in [9.17, 15) is 14.4 Å². The van der Waals surface area contributed by atoms with Gasteiger partial charge in [-0.25, -0.2) is 0 Å².